The Bertz CT molecular complexity index is 480. The smallest absolute Gasteiger partial charge is 0.127 e. The average molecular weight is 309 g/mol. The number of ether oxygens (including phenoxy) is 1. The maximum absolute atomic E-state index is 14.0. The minimum Gasteiger partial charge on any atom is -0.396 e. The summed E-state index contributed by atoms with van der Waals surface area (Å²) in [6, 6.07) is 5.28. The van der Waals surface area contributed by atoms with E-state index in [1.807, 2.05) is 13.0 Å². The molecule has 2 rings (SSSR count). The third kappa shape index (κ3) is 4.51. The third-order valence-corrected chi connectivity index (χ3v) is 4.73. The van der Waals surface area contributed by atoms with Gasteiger partial charge in [0.15, 0.2) is 0 Å². The monoisotopic (exact) mass is 309 g/mol. The van der Waals surface area contributed by atoms with Gasteiger partial charge in [-0.25, -0.2) is 4.39 Å². The quantitative estimate of drug-likeness (QED) is 0.786. The van der Waals surface area contributed by atoms with Crippen LogP contribution >= 0.6 is 0 Å². The Morgan fingerprint density at radius 1 is 1.41 bits per heavy atom. The number of rotatable bonds is 7. The van der Waals surface area contributed by atoms with Crippen molar-refractivity contribution in [3.63, 3.8) is 0 Å². The van der Waals surface area contributed by atoms with Gasteiger partial charge in [0.2, 0.25) is 0 Å². The molecule has 1 atom stereocenters. The molecule has 1 heterocycles. The molecule has 0 aromatic heterocycles. The zero-order chi connectivity index (χ0) is 16.0. The third-order valence-electron chi connectivity index (χ3n) is 4.73. The summed E-state index contributed by atoms with van der Waals surface area (Å²) >= 11 is 0. The first-order chi connectivity index (χ1) is 10.6. The van der Waals surface area contributed by atoms with Crippen LogP contribution in [0, 0.1) is 18.2 Å². The molecule has 1 aromatic rings. The molecule has 1 aromatic carbocycles. The van der Waals surface area contributed by atoms with Crippen molar-refractivity contribution >= 4 is 0 Å². The van der Waals surface area contributed by atoms with Gasteiger partial charge in [-0.05, 0) is 45.2 Å². The predicted molar refractivity (Wildman–Crippen MR) is 86.3 cm³/mol. The van der Waals surface area contributed by atoms with Gasteiger partial charge in [-0.2, -0.15) is 0 Å². The van der Waals surface area contributed by atoms with Gasteiger partial charge in [0.1, 0.15) is 5.82 Å². The normalized spacial score (nSPS) is 22.9. The van der Waals surface area contributed by atoms with Crippen molar-refractivity contribution in [2.24, 2.45) is 5.41 Å². The van der Waals surface area contributed by atoms with Crippen LogP contribution in [0.5, 0.6) is 0 Å². The number of piperidine rings is 1. The molecule has 1 aliphatic rings. The Kier molecular flexibility index (Phi) is 6.36. The first-order valence-corrected chi connectivity index (χ1v) is 8.16. The maximum atomic E-state index is 14.0. The Balaban J connectivity index is 2.01. The summed E-state index contributed by atoms with van der Waals surface area (Å²) in [5, 5.41) is 9.88. The fourth-order valence-electron chi connectivity index (χ4n) is 3.51. The van der Waals surface area contributed by atoms with Crippen LogP contribution in [0.15, 0.2) is 18.2 Å². The molecule has 0 bridgehead atoms. The first-order valence-electron chi connectivity index (χ1n) is 8.16. The molecule has 1 fully saturated rings. The maximum Gasteiger partial charge on any atom is 0.127 e. The lowest BCUT2D eigenvalue weighted by atomic mass is 9.77. The summed E-state index contributed by atoms with van der Waals surface area (Å²) in [6.07, 6.45) is 4.02. The van der Waals surface area contributed by atoms with Gasteiger partial charge in [-0.15, -0.1) is 0 Å². The highest BCUT2D eigenvalue weighted by Gasteiger charge is 2.34. The Hall–Kier alpha value is -0.970. The SMILES string of the molecule is COCCCC1(CO)CCCN(Cc2cc(C)ccc2F)C1. The molecule has 1 aliphatic heterocycles. The van der Waals surface area contributed by atoms with Crippen molar-refractivity contribution in [3.05, 3.63) is 35.1 Å². The van der Waals surface area contributed by atoms with E-state index < -0.39 is 0 Å². The highest BCUT2D eigenvalue weighted by molar-refractivity contribution is 5.24. The number of aliphatic hydroxyl groups is 1. The largest absolute Gasteiger partial charge is 0.396 e. The molecule has 0 saturated carbocycles. The van der Waals surface area contributed by atoms with Gasteiger partial charge >= 0.3 is 0 Å². The zero-order valence-electron chi connectivity index (χ0n) is 13.8. The van der Waals surface area contributed by atoms with E-state index in [4.69, 9.17) is 4.74 Å². The van der Waals surface area contributed by atoms with Crippen molar-refractivity contribution in [1.82, 2.24) is 4.90 Å². The lowest BCUT2D eigenvalue weighted by molar-refractivity contribution is 0.0155. The zero-order valence-corrected chi connectivity index (χ0v) is 13.8. The molecule has 0 aliphatic carbocycles. The van der Waals surface area contributed by atoms with Crippen LogP contribution in [-0.4, -0.2) is 43.4 Å². The van der Waals surface area contributed by atoms with Crippen molar-refractivity contribution in [2.75, 3.05) is 33.4 Å². The van der Waals surface area contributed by atoms with Crippen LogP contribution in [0.4, 0.5) is 4.39 Å². The fraction of sp³-hybridized carbons (Fsp3) is 0.667. The molecule has 4 heteroatoms. The number of nitrogens with zero attached hydrogens (tertiary/aromatic N) is 1. The number of aryl methyl sites for hydroxylation is 1. The number of hydrogen-bond acceptors (Lipinski definition) is 3. The lowest BCUT2D eigenvalue weighted by Gasteiger charge is -2.42. The fourth-order valence-corrected chi connectivity index (χ4v) is 3.51. The van der Waals surface area contributed by atoms with Crippen LogP contribution < -0.4 is 0 Å². The number of benzene rings is 1. The van der Waals surface area contributed by atoms with E-state index in [0.29, 0.717) is 6.54 Å². The number of hydrogen-bond donors (Lipinski definition) is 1. The van der Waals surface area contributed by atoms with E-state index in [1.165, 1.54) is 0 Å². The van der Waals surface area contributed by atoms with E-state index in [2.05, 4.69) is 4.90 Å². The summed E-state index contributed by atoms with van der Waals surface area (Å²) in [5.74, 6) is -0.134. The second-order valence-electron chi connectivity index (χ2n) is 6.66. The average Bonchev–Trinajstić information content (AvgIpc) is 2.52. The predicted octanol–water partition coefficient (Wildman–Crippen LogP) is 3.14. The van der Waals surface area contributed by atoms with Crippen LogP contribution in [0.3, 0.4) is 0 Å². The molecule has 0 amide bonds. The van der Waals surface area contributed by atoms with Crippen molar-refractivity contribution in [3.8, 4) is 0 Å². The van der Waals surface area contributed by atoms with E-state index in [1.54, 1.807) is 19.2 Å². The Labute approximate surface area is 133 Å². The van der Waals surface area contributed by atoms with E-state index in [0.717, 1.165) is 56.5 Å². The highest BCUT2D eigenvalue weighted by atomic mass is 19.1. The Morgan fingerprint density at radius 3 is 2.95 bits per heavy atom. The number of halogens is 1. The topological polar surface area (TPSA) is 32.7 Å². The molecule has 1 saturated heterocycles. The van der Waals surface area contributed by atoms with Crippen LogP contribution in [-0.2, 0) is 11.3 Å². The standard InChI is InChI=1S/C18H28FNO2/c1-15-5-6-17(19)16(11-15)12-20-9-3-7-18(13-20,14-21)8-4-10-22-2/h5-6,11,21H,3-4,7-10,12-14H2,1-2H3. The minimum atomic E-state index is -0.134. The second-order valence-corrected chi connectivity index (χ2v) is 6.66. The molecular formula is C18H28FNO2. The summed E-state index contributed by atoms with van der Waals surface area (Å²) in [5.41, 5.74) is 1.78. The van der Waals surface area contributed by atoms with Gasteiger partial charge in [-0.1, -0.05) is 17.7 Å². The lowest BCUT2D eigenvalue weighted by Crippen LogP contribution is -2.45. The van der Waals surface area contributed by atoms with Crippen LogP contribution in [0.2, 0.25) is 0 Å². The Morgan fingerprint density at radius 2 is 2.23 bits per heavy atom. The summed E-state index contributed by atoms with van der Waals surface area (Å²) in [4.78, 5) is 2.28. The molecule has 124 valence electrons. The van der Waals surface area contributed by atoms with Gasteiger partial charge in [0, 0.05) is 44.4 Å². The van der Waals surface area contributed by atoms with Crippen molar-refractivity contribution in [1.29, 1.82) is 0 Å². The number of aliphatic hydroxyl groups excluding tert-OH is 1. The van der Waals surface area contributed by atoms with Gasteiger partial charge in [-0.3, -0.25) is 4.90 Å². The van der Waals surface area contributed by atoms with Gasteiger partial charge in [0.05, 0.1) is 0 Å². The minimum absolute atomic E-state index is 0.0585. The van der Waals surface area contributed by atoms with Gasteiger partial charge in [0.25, 0.3) is 0 Å². The highest BCUT2D eigenvalue weighted by Crippen LogP contribution is 2.35. The van der Waals surface area contributed by atoms with Crippen LogP contribution in [0.1, 0.15) is 36.8 Å². The summed E-state index contributed by atoms with van der Waals surface area (Å²) in [7, 11) is 1.71. The van der Waals surface area contributed by atoms with E-state index in [-0.39, 0.29) is 17.8 Å². The van der Waals surface area contributed by atoms with Crippen molar-refractivity contribution in [2.45, 2.75) is 39.2 Å². The molecular weight excluding hydrogens is 281 g/mol. The van der Waals surface area contributed by atoms with Gasteiger partial charge < -0.3 is 9.84 Å². The first kappa shape index (κ1) is 17.4. The van der Waals surface area contributed by atoms with E-state index >= 15 is 0 Å². The summed E-state index contributed by atoms with van der Waals surface area (Å²) in [6.45, 7) is 5.35. The van der Waals surface area contributed by atoms with Crippen molar-refractivity contribution < 1.29 is 14.2 Å². The molecule has 1 unspecified atom stereocenters. The van der Waals surface area contributed by atoms with Crippen LogP contribution in [0.25, 0.3) is 0 Å². The molecule has 1 N–H and O–H groups in total. The number of methoxy groups -OCH3 is 1. The summed E-state index contributed by atoms with van der Waals surface area (Å²) < 4.78 is 19.1. The second kappa shape index (κ2) is 8.04. The van der Waals surface area contributed by atoms with E-state index in [9.17, 15) is 9.50 Å². The molecule has 3 nitrogen and oxygen atoms in total. The molecule has 0 radical (unpaired) electrons. The number of likely N-dealkylation sites (tertiary alicyclic amines) is 1. The molecule has 22 heavy (non-hydrogen) atoms. The molecule has 0 spiro atoms.